The number of aliphatic hydroxyl groups is 1. The lowest BCUT2D eigenvalue weighted by Crippen LogP contribution is -2.46. The van der Waals surface area contributed by atoms with E-state index in [2.05, 4.69) is 19.2 Å². The first kappa shape index (κ1) is 16.7. The number of β-amino-alcohol motifs (C(OH)–C–C–N with tert-alkyl or cyclic N) is 1. The highest BCUT2D eigenvalue weighted by Crippen LogP contribution is 2.23. The van der Waals surface area contributed by atoms with Crippen molar-refractivity contribution in [1.82, 2.24) is 10.2 Å². The maximum absolute atomic E-state index is 12.3. The third kappa shape index (κ3) is 6.58. The molecule has 114 valence electrons. The van der Waals surface area contributed by atoms with E-state index in [4.69, 9.17) is 5.11 Å². The molecule has 3 nitrogen and oxygen atoms in total. The van der Waals surface area contributed by atoms with Crippen LogP contribution >= 0.6 is 0 Å². The number of rotatable bonds is 6. The summed E-state index contributed by atoms with van der Waals surface area (Å²) in [5, 5.41) is 12.4. The molecule has 2 N–H and O–H groups in total. The molecule has 1 aliphatic rings. The van der Waals surface area contributed by atoms with Gasteiger partial charge in [0.25, 0.3) is 0 Å². The summed E-state index contributed by atoms with van der Waals surface area (Å²) in [7, 11) is 0. The normalized spacial score (nSPS) is 23.8. The Morgan fingerprint density at radius 3 is 2.63 bits per heavy atom. The molecule has 1 heterocycles. The van der Waals surface area contributed by atoms with Gasteiger partial charge in [-0.25, -0.2) is 0 Å². The average Bonchev–Trinajstić information content (AvgIpc) is 2.27. The van der Waals surface area contributed by atoms with E-state index < -0.39 is 12.3 Å². The van der Waals surface area contributed by atoms with E-state index in [1.807, 2.05) is 0 Å². The van der Waals surface area contributed by atoms with Crippen molar-refractivity contribution in [3.05, 3.63) is 0 Å². The number of hydrogen-bond donors (Lipinski definition) is 2. The Morgan fingerprint density at radius 2 is 2.05 bits per heavy atom. The van der Waals surface area contributed by atoms with Crippen LogP contribution in [0.5, 0.6) is 0 Å². The fourth-order valence-electron chi connectivity index (χ4n) is 2.41. The smallest absolute Gasteiger partial charge is 0.382 e. The molecule has 0 saturated carbocycles. The molecule has 0 aromatic heterocycles. The Morgan fingerprint density at radius 1 is 1.37 bits per heavy atom. The summed E-state index contributed by atoms with van der Waals surface area (Å²) in [5.74, 6) is 0.958. The topological polar surface area (TPSA) is 35.5 Å². The van der Waals surface area contributed by atoms with Gasteiger partial charge in [0.1, 0.15) is 0 Å². The van der Waals surface area contributed by atoms with Gasteiger partial charge in [-0.1, -0.05) is 13.8 Å². The van der Waals surface area contributed by atoms with Crippen LogP contribution in [0.3, 0.4) is 0 Å². The zero-order valence-electron chi connectivity index (χ0n) is 11.7. The van der Waals surface area contributed by atoms with Crippen LogP contribution in [0.25, 0.3) is 0 Å². The van der Waals surface area contributed by atoms with Crippen LogP contribution in [-0.4, -0.2) is 55.0 Å². The Labute approximate surface area is 113 Å². The largest absolute Gasteiger partial charge is 0.415 e. The van der Waals surface area contributed by atoms with Crippen molar-refractivity contribution >= 4 is 0 Å². The summed E-state index contributed by atoms with van der Waals surface area (Å²) in [6.07, 6.45) is -4.79. The zero-order chi connectivity index (χ0) is 14.5. The second kappa shape index (κ2) is 7.45. The third-order valence-electron chi connectivity index (χ3n) is 3.40. The highest BCUT2D eigenvalue weighted by atomic mass is 19.4. The minimum absolute atomic E-state index is 0.301. The van der Waals surface area contributed by atoms with Crippen molar-refractivity contribution in [3.8, 4) is 0 Å². The molecule has 0 aliphatic carbocycles. The van der Waals surface area contributed by atoms with Gasteiger partial charge in [-0.2, -0.15) is 13.2 Å². The molecule has 2 atom stereocenters. The van der Waals surface area contributed by atoms with Crippen LogP contribution in [-0.2, 0) is 0 Å². The molecule has 0 aromatic carbocycles. The molecular formula is C13H25F3N2O. The predicted molar refractivity (Wildman–Crippen MR) is 68.9 cm³/mol. The highest BCUT2D eigenvalue weighted by Gasteiger charge is 2.39. The van der Waals surface area contributed by atoms with Gasteiger partial charge in [-0.05, 0) is 44.3 Å². The molecule has 6 heteroatoms. The molecule has 19 heavy (non-hydrogen) atoms. The van der Waals surface area contributed by atoms with Crippen molar-refractivity contribution in [2.75, 3.05) is 32.7 Å². The van der Waals surface area contributed by atoms with E-state index in [0.29, 0.717) is 24.9 Å². The summed E-state index contributed by atoms with van der Waals surface area (Å²) in [4.78, 5) is 1.73. The molecule has 0 spiro atoms. The molecule has 1 aliphatic heterocycles. The van der Waals surface area contributed by atoms with Crippen molar-refractivity contribution in [2.24, 2.45) is 11.8 Å². The van der Waals surface area contributed by atoms with Gasteiger partial charge in [-0.15, -0.1) is 0 Å². The Kier molecular flexibility index (Phi) is 6.56. The first-order valence-corrected chi connectivity index (χ1v) is 6.97. The van der Waals surface area contributed by atoms with Crippen LogP contribution in [0.15, 0.2) is 0 Å². The van der Waals surface area contributed by atoms with E-state index in [1.165, 1.54) is 0 Å². The van der Waals surface area contributed by atoms with Gasteiger partial charge in [0.2, 0.25) is 0 Å². The number of aliphatic hydroxyl groups excluding tert-OH is 1. The number of hydrogen-bond acceptors (Lipinski definition) is 3. The first-order valence-electron chi connectivity index (χ1n) is 6.97. The van der Waals surface area contributed by atoms with Crippen LogP contribution in [0.4, 0.5) is 13.2 Å². The number of alkyl halides is 3. The summed E-state index contributed by atoms with van der Waals surface area (Å²) < 4.78 is 36.9. The minimum atomic E-state index is -4.51. The predicted octanol–water partition coefficient (Wildman–Crippen LogP) is 1.87. The van der Waals surface area contributed by atoms with Crippen LogP contribution in [0.1, 0.15) is 26.7 Å². The fourth-order valence-corrected chi connectivity index (χ4v) is 2.41. The Bertz CT molecular complexity index is 259. The van der Waals surface area contributed by atoms with E-state index in [9.17, 15) is 13.2 Å². The number of nitrogens with one attached hydrogen (secondary N) is 1. The second-order valence-electron chi connectivity index (χ2n) is 5.88. The van der Waals surface area contributed by atoms with Gasteiger partial charge in [0.05, 0.1) is 0 Å². The number of halogens is 3. The maximum atomic E-state index is 12.3. The second-order valence-corrected chi connectivity index (χ2v) is 5.88. The Hall–Kier alpha value is -0.330. The summed E-state index contributed by atoms with van der Waals surface area (Å²) in [5.41, 5.74) is 0. The summed E-state index contributed by atoms with van der Waals surface area (Å²) in [6, 6.07) is 0. The third-order valence-corrected chi connectivity index (χ3v) is 3.40. The quantitative estimate of drug-likeness (QED) is 0.780. The lowest BCUT2D eigenvalue weighted by molar-refractivity contribution is -0.209. The van der Waals surface area contributed by atoms with Crippen LogP contribution in [0, 0.1) is 11.8 Å². The average molecular weight is 282 g/mol. The molecule has 2 unspecified atom stereocenters. The van der Waals surface area contributed by atoms with Crippen molar-refractivity contribution in [2.45, 2.75) is 39.0 Å². The zero-order valence-corrected chi connectivity index (χ0v) is 11.7. The molecule has 0 aromatic rings. The highest BCUT2D eigenvalue weighted by molar-refractivity contribution is 4.78. The van der Waals surface area contributed by atoms with Crippen molar-refractivity contribution in [3.63, 3.8) is 0 Å². The van der Waals surface area contributed by atoms with Crippen molar-refractivity contribution in [1.29, 1.82) is 0 Å². The fraction of sp³-hybridized carbons (Fsp3) is 1.00. The lowest BCUT2D eigenvalue weighted by Gasteiger charge is -2.34. The molecule has 0 radical (unpaired) electrons. The SMILES string of the molecule is CC(C)CNCC1CCCN(CC(O)C(F)(F)F)C1. The van der Waals surface area contributed by atoms with E-state index in [0.717, 1.165) is 25.9 Å². The minimum Gasteiger partial charge on any atom is -0.382 e. The summed E-state index contributed by atoms with van der Waals surface area (Å²) in [6.45, 7) is 7.01. The van der Waals surface area contributed by atoms with Crippen molar-refractivity contribution < 1.29 is 18.3 Å². The Balaban J connectivity index is 2.30. The first-order chi connectivity index (χ1) is 8.79. The molecular weight excluding hydrogens is 257 g/mol. The van der Waals surface area contributed by atoms with Crippen LogP contribution in [0.2, 0.25) is 0 Å². The van der Waals surface area contributed by atoms with Gasteiger partial charge in [-0.3, -0.25) is 0 Å². The summed E-state index contributed by atoms with van der Waals surface area (Å²) >= 11 is 0. The standard InChI is InChI=1S/C13H25F3N2O/c1-10(2)6-17-7-11-4-3-5-18(8-11)9-12(19)13(14,15)16/h10-12,17,19H,3-9H2,1-2H3. The van der Waals surface area contributed by atoms with Gasteiger partial charge < -0.3 is 15.3 Å². The van der Waals surface area contributed by atoms with E-state index in [1.54, 1.807) is 4.90 Å². The number of piperidine rings is 1. The number of likely N-dealkylation sites (tertiary alicyclic amines) is 1. The van der Waals surface area contributed by atoms with E-state index >= 15 is 0 Å². The monoisotopic (exact) mass is 282 g/mol. The lowest BCUT2D eigenvalue weighted by atomic mass is 9.97. The number of nitrogens with zero attached hydrogens (tertiary/aromatic N) is 1. The molecule has 1 rings (SSSR count). The molecule has 0 bridgehead atoms. The van der Waals surface area contributed by atoms with E-state index in [-0.39, 0.29) is 6.54 Å². The molecule has 1 saturated heterocycles. The molecule has 1 fully saturated rings. The van der Waals surface area contributed by atoms with Crippen LogP contribution < -0.4 is 5.32 Å². The van der Waals surface area contributed by atoms with Gasteiger partial charge in [0.15, 0.2) is 6.10 Å². The van der Waals surface area contributed by atoms with Gasteiger partial charge in [0, 0.05) is 13.1 Å². The van der Waals surface area contributed by atoms with Gasteiger partial charge >= 0.3 is 6.18 Å². The molecule has 0 amide bonds. The maximum Gasteiger partial charge on any atom is 0.415 e.